The first kappa shape index (κ1) is 17.2. The maximum atomic E-state index is 12.2. The molecule has 4 rings (SSSR count). The minimum absolute atomic E-state index is 0.0168. The van der Waals surface area contributed by atoms with Crippen LogP contribution in [0.25, 0.3) is 0 Å². The summed E-state index contributed by atoms with van der Waals surface area (Å²) in [7, 11) is 0. The van der Waals surface area contributed by atoms with Gasteiger partial charge in [0.15, 0.2) is 5.78 Å². The Bertz CT molecular complexity index is 644. The van der Waals surface area contributed by atoms with Crippen LogP contribution in [0.1, 0.15) is 50.4 Å². The van der Waals surface area contributed by atoms with Gasteiger partial charge in [-0.15, -0.1) is 0 Å². The molecule has 0 unspecified atom stereocenters. The summed E-state index contributed by atoms with van der Waals surface area (Å²) in [5.41, 5.74) is -0.00953. The zero-order valence-corrected chi connectivity index (χ0v) is 15.0. The van der Waals surface area contributed by atoms with E-state index in [0.29, 0.717) is 17.1 Å². The second-order valence-corrected chi connectivity index (χ2v) is 8.44. The van der Waals surface area contributed by atoms with Crippen molar-refractivity contribution in [2.75, 3.05) is 6.54 Å². The quantitative estimate of drug-likeness (QED) is 0.799. The van der Waals surface area contributed by atoms with E-state index in [-0.39, 0.29) is 23.0 Å². The molecule has 6 heteroatoms. The normalized spacial score (nSPS) is 27.7. The van der Waals surface area contributed by atoms with Crippen LogP contribution in [0, 0.1) is 0 Å². The summed E-state index contributed by atoms with van der Waals surface area (Å²) in [6.07, 6.45) is 2.15. The van der Waals surface area contributed by atoms with Gasteiger partial charge >= 0.3 is 6.09 Å². The number of hydrogen-bond donors (Lipinski definition) is 2. The van der Waals surface area contributed by atoms with Gasteiger partial charge < -0.3 is 15.4 Å². The third kappa shape index (κ3) is 3.57. The van der Waals surface area contributed by atoms with Crippen LogP contribution < -0.4 is 10.6 Å². The van der Waals surface area contributed by atoms with E-state index in [0.717, 1.165) is 19.3 Å². The first-order chi connectivity index (χ1) is 11.1. The molecule has 0 saturated heterocycles. The second kappa shape index (κ2) is 5.74. The van der Waals surface area contributed by atoms with Crippen LogP contribution in [0.15, 0.2) is 24.3 Å². The summed E-state index contributed by atoms with van der Waals surface area (Å²) in [5.74, 6) is 0.0468. The Morgan fingerprint density at radius 1 is 1.12 bits per heavy atom. The lowest BCUT2D eigenvalue weighted by molar-refractivity contribution is -0.102. The van der Waals surface area contributed by atoms with Crippen molar-refractivity contribution < 1.29 is 14.3 Å². The molecule has 5 nitrogen and oxygen atoms in total. The van der Waals surface area contributed by atoms with Gasteiger partial charge in [0.2, 0.25) is 0 Å². The smallest absolute Gasteiger partial charge is 0.408 e. The van der Waals surface area contributed by atoms with Crippen molar-refractivity contribution in [2.45, 2.75) is 56.7 Å². The SMILES string of the molecule is CC(C)(C)OC(=O)NC12CC(NCC(=O)c3ccc(Cl)cc3)(C1)C2. The lowest BCUT2D eigenvalue weighted by atomic mass is 9.44. The Morgan fingerprint density at radius 2 is 1.71 bits per heavy atom. The number of nitrogens with one attached hydrogen (secondary N) is 2. The topological polar surface area (TPSA) is 67.4 Å². The molecule has 3 fully saturated rings. The Hall–Kier alpha value is -1.59. The molecule has 1 aromatic carbocycles. The molecule has 130 valence electrons. The Kier molecular flexibility index (Phi) is 4.12. The Balaban J connectivity index is 1.43. The average molecular weight is 351 g/mol. The van der Waals surface area contributed by atoms with Crippen LogP contribution in [0.4, 0.5) is 4.79 Å². The fourth-order valence-corrected chi connectivity index (χ4v) is 3.76. The van der Waals surface area contributed by atoms with E-state index in [1.165, 1.54) is 0 Å². The van der Waals surface area contributed by atoms with Crippen LogP contribution in [0.5, 0.6) is 0 Å². The van der Waals surface area contributed by atoms with Gasteiger partial charge in [0, 0.05) is 21.7 Å². The van der Waals surface area contributed by atoms with Crippen molar-refractivity contribution in [3.63, 3.8) is 0 Å². The molecule has 3 saturated carbocycles. The van der Waals surface area contributed by atoms with Crippen LogP contribution in [0.3, 0.4) is 0 Å². The third-order valence-corrected chi connectivity index (χ3v) is 4.84. The van der Waals surface area contributed by atoms with Crippen molar-refractivity contribution >= 4 is 23.5 Å². The van der Waals surface area contributed by atoms with E-state index in [2.05, 4.69) is 10.6 Å². The Labute approximate surface area is 147 Å². The first-order valence-electron chi connectivity index (χ1n) is 8.16. The van der Waals surface area contributed by atoms with Gasteiger partial charge in [-0.2, -0.15) is 0 Å². The number of carbonyl (C=O) groups excluding carboxylic acids is 2. The number of carbonyl (C=O) groups is 2. The zero-order chi connectivity index (χ0) is 17.6. The number of hydrogen-bond acceptors (Lipinski definition) is 4. The number of ketones is 1. The van der Waals surface area contributed by atoms with E-state index in [9.17, 15) is 9.59 Å². The molecular weight excluding hydrogens is 328 g/mol. The second-order valence-electron chi connectivity index (χ2n) is 8.00. The van der Waals surface area contributed by atoms with E-state index in [4.69, 9.17) is 16.3 Å². The number of amides is 1. The molecule has 2 N–H and O–H groups in total. The lowest BCUT2D eigenvalue weighted by Crippen LogP contribution is -2.83. The molecule has 0 aliphatic heterocycles. The van der Waals surface area contributed by atoms with Gasteiger partial charge in [0.25, 0.3) is 0 Å². The van der Waals surface area contributed by atoms with Crippen molar-refractivity contribution in [1.29, 1.82) is 0 Å². The molecule has 1 amide bonds. The number of benzene rings is 1. The maximum absolute atomic E-state index is 12.2. The lowest BCUT2D eigenvalue weighted by Gasteiger charge is -2.70. The molecule has 3 aliphatic carbocycles. The van der Waals surface area contributed by atoms with Crippen LogP contribution in [0.2, 0.25) is 5.02 Å². The largest absolute Gasteiger partial charge is 0.444 e. The number of ether oxygens (including phenoxy) is 1. The number of halogens is 1. The van der Waals surface area contributed by atoms with Crippen molar-refractivity contribution in [1.82, 2.24) is 10.6 Å². The third-order valence-electron chi connectivity index (χ3n) is 4.59. The molecule has 0 atom stereocenters. The highest BCUT2D eigenvalue weighted by molar-refractivity contribution is 6.30. The van der Waals surface area contributed by atoms with Gasteiger partial charge in [0.1, 0.15) is 5.60 Å². The molecular formula is C18H23ClN2O3. The molecule has 2 bridgehead atoms. The van der Waals surface area contributed by atoms with Crippen molar-refractivity contribution in [3.8, 4) is 0 Å². The summed E-state index contributed by atoms with van der Waals surface area (Å²) >= 11 is 5.83. The van der Waals surface area contributed by atoms with E-state index in [1.54, 1.807) is 24.3 Å². The predicted octanol–water partition coefficient (Wildman–Crippen LogP) is 3.31. The molecule has 0 radical (unpaired) electrons. The van der Waals surface area contributed by atoms with Crippen molar-refractivity contribution in [3.05, 3.63) is 34.9 Å². The predicted molar refractivity (Wildman–Crippen MR) is 92.5 cm³/mol. The summed E-state index contributed by atoms with van der Waals surface area (Å²) in [6.45, 7) is 5.84. The summed E-state index contributed by atoms with van der Waals surface area (Å²) < 4.78 is 5.30. The number of Topliss-reactive ketones (excluding diaryl/α,β-unsaturated/α-hetero) is 1. The maximum Gasteiger partial charge on any atom is 0.408 e. The molecule has 24 heavy (non-hydrogen) atoms. The average Bonchev–Trinajstić information content (AvgIpc) is 2.38. The van der Waals surface area contributed by atoms with Gasteiger partial charge in [-0.3, -0.25) is 4.79 Å². The molecule has 1 aromatic rings. The minimum Gasteiger partial charge on any atom is -0.444 e. The van der Waals surface area contributed by atoms with Gasteiger partial charge in [-0.1, -0.05) is 11.6 Å². The van der Waals surface area contributed by atoms with Crippen LogP contribution in [-0.2, 0) is 4.74 Å². The van der Waals surface area contributed by atoms with Crippen LogP contribution >= 0.6 is 11.6 Å². The standard InChI is InChI=1S/C18H23ClN2O3/c1-16(2,3)24-15(23)21-18-9-17(10-18,11-18)20-8-14(22)12-4-6-13(19)7-5-12/h4-7,20H,8-11H2,1-3H3,(H,21,23). The highest BCUT2D eigenvalue weighted by Crippen LogP contribution is 2.60. The first-order valence-corrected chi connectivity index (χ1v) is 8.53. The van der Waals surface area contributed by atoms with E-state index < -0.39 is 5.60 Å². The molecule has 0 heterocycles. The monoisotopic (exact) mass is 350 g/mol. The van der Waals surface area contributed by atoms with E-state index in [1.807, 2.05) is 20.8 Å². The number of rotatable bonds is 5. The molecule has 3 aliphatic rings. The summed E-state index contributed by atoms with van der Waals surface area (Å²) in [5, 5.41) is 6.93. The summed E-state index contributed by atoms with van der Waals surface area (Å²) in [4.78, 5) is 24.0. The van der Waals surface area contributed by atoms with Crippen LogP contribution in [-0.4, -0.2) is 35.1 Å². The van der Waals surface area contributed by atoms with Gasteiger partial charge in [-0.25, -0.2) is 4.79 Å². The fourth-order valence-electron chi connectivity index (χ4n) is 3.63. The minimum atomic E-state index is -0.492. The fraction of sp³-hybridized carbons (Fsp3) is 0.556. The van der Waals surface area contributed by atoms with E-state index >= 15 is 0 Å². The Morgan fingerprint density at radius 3 is 2.25 bits per heavy atom. The molecule has 0 aromatic heterocycles. The van der Waals surface area contributed by atoms with Gasteiger partial charge in [0.05, 0.1) is 6.54 Å². The number of alkyl carbamates (subject to hydrolysis) is 1. The highest BCUT2D eigenvalue weighted by Gasteiger charge is 2.68. The van der Waals surface area contributed by atoms with Crippen molar-refractivity contribution in [2.24, 2.45) is 0 Å². The zero-order valence-electron chi connectivity index (χ0n) is 14.2. The molecule has 0 spiro atoms. The summed E-state index contributed by atoms with van der Waals surface area (Å²) in [6, 6.07) is 6.91. The van der Waals surface area contributed by atoms with Gasteiger partial charge in [-0.05, 0) is 64.3 Å². The highest BCUT2D eigenvalue weighted by atomic mass is 35.5.